The fourth-order valence-corrected chi connectivity index (χ4v) is 1.67. The molecule has 0 atom stereocenters. The number of aliphatic hydroxyl groups is 1. The Kier molecular flexibility index (Phi) is 4.06. The topological polar surface area (TPSA) is 73.8 Å². The van der Waals surface area contributed by atoms with Gasteiger partial charge in [0, 0.05) is 10.9 Å². The minimum atomic E-state index is -0.112. The van der Waals surface area contributed by atoms with Gasteiger partial charge in [-0.2, -0.15) is 0 Å². The first-order valence-electron chi connectivity index (χ1n) is 4.49. The number of ether oxygens (including phenoxy) is 1. The van der Waals surface area contributed by atoms with Crippen LogP contribution in [0, 0.1) is 0 Å². The number of aromatic nitrogens is 1. The molecule has 0 unspecified atom stereocenters. The predicted octanol–water partition coefficient (Wildman–Crippen LogP) is 1.56. The summed E-state index contributed by atoms with van der Waals surface area (Å²) in [6, 6.07) is 7.41. The van der Waals surface area contributed by atoms with Gasteiger partial charge in [0.2, 0.25) is 0 Å². The summed E-state index contributed by atoms with van der Waals surface area (Å²) in [5.74, 6) is 0.680. The van der Waals surface area contributed by atoms with E-state index in [1.54, 1.807) is 7.11 Å². The monoisotopic (exact) mass is 241 g/mol. The van der Waals surface area contributed by atoms with Gasteiger partial charge in [0.1, 0.15) is 16.4 Å². The highest BCUT2D eigenvalue weighted by molar-refractivity contribution is 6.30. The van der Waals surface area contributed by atoms with Gasteiger partial charge in [0.25, 0.3) is 0 Å². The number of halogens is 1. The number of fused-ring (bicyclic) bond motifs is 1. The van der Waals surface area contributed by atoms with Crippen molar-refractivity contribution in [1.29, 1.82) is 0 Å². The molecule has 0 fully saturated rings. The number of aliphatic hydroxyl groups excluding tert-OH is 1. The van der Waals surface area contributed by atoms with Gasteiger partial charge in [-0.25, -0.2) is 4.98 Å². The van der Waals surface area contributed by atoms with E-state index in [2.05, 4.69) is 4.98 Å². The zero-order valence-electron chi connectivity index (χ0n) is 8.70. The third-order valence-corrected chi connectivity index (χ3v) is 2.55. The van der Waals surface area contributed by atoms with Crippen molar-refractivity contribution >= 4 is 22.5 Å². The van der Waals surface area contributed by atoms with Crippen LogP contribution in [0.25, 0.3) is 10.9 Å². The zero-order valence-corrected chi connectivity index (χ0v) is 9.45. The molecule has 5 heteroatoms. The lowest BCUT2D eigenvalue weighted by Crippen LogP contribution is -1.92. The van der Waals surface area contributed by atoms with Crippen LogP contribution < -0.4 is 4.74 Å². The van der Waals surface area contributed by atoms with Gasteiger partial charge in [-0.1, -0.05) is 23.7 Å². The number of nitrogens with zero attached hydrogens (tertiary/aromatic N) is 1. The first kappa shape index (κ1) is 12.7. The SMILES string of the molecule is COc1cccc2cc(CO)c(Cl)nc12.O. The summed E-state index contributed by atoms with van der Waals surface area (Å²) < 4.78 is 5.17. The van der Waals surface area contributed by atoms with E-state index in [0.717, 1.165) is 5.39 Å². The smallest absolute Gasteiger partial charge is 0.145 e. The van der Waals surface area contributed by atoms with Crippen molar-refractivity contribution in [3.63, 3.8) is 0 Å². The number of methoxy groups -OCH3 is 1. The molecule has 0 saturated heterocycles. The normalized spacial score (nSPS) is 9.94. The fourth-order valence-electron chi connectivity index (χ4n) is 1.47. The number of hydrogen-bond acceptors (Lipinski definition) is 3. The maximum absolute atomic E-state index is 9.05. The average Bonchev–Trinajstić information content (AvgIpc) is 2.27. The first-order valence-corrected chi connectivity index (χ1v) is 4.87. The molecule has 0 amide bonds. The second kappa shape index (κ2) is 5.12. The molecule has 0 spiro atoms. The maximum atomic E-state index is 9.05. The highest BCUT2D eigenvalue weighted by Gasteiger charge is 2.07. The van der Waals surface area contributed by atoms with E-state index in [9.17, 15) is 0 Å². The van der Waals surface area contributed by atoms with Crippen molar-refractivity contribution in [2.24, 2.45) is 0 Å². The summed E-state index contributed by atoms with van der Waals surface area (Å²) in [4.78, 5) is 4.20. The van der Waals surface area contributed by atoms with Gasteiger partial charge < -0.3 is 15.3 Å². The number of pyridine rings is 1. The van der Waals surface area contributed by atoms with E-state index >= 15 is 0 Å². The van der Waals surface area contributed by atoms with Gasteiger partial charge >= 0.3 is 0 Å². The second-order valence-electron chi connectivity index (χ2n) is 3.13. The Morgan fingerprint density at radius 2 is 2.19 bits per heavy atom. The molecule has 0 saturated carbocycles. The second-order valence-corrected chi connectivity index (χ2v) is 3.49. The van der Waals surface area contributed by atoms with E-state index in [-0.39, 0.29) is 12.1 Å². The third-order valence-electron chi connectivity index (χ3n) is 2.23. The van der Waals surface area contributed by atoms with E-state index in [1.165, 1.54) is 0 Å². The number of hydrogen-bond donors (Lipinski definition) is 1. The molecule has 0 aliphatic heterocycles. The van der Waals surface area contributed by atoms with Crippen LogP contribution in [0.15, 0.2) is 24.3 Å². The summed E-state index contributed by atoms with van der Waals surface area (Å²) in [6.07, 6.45) is 0. The van der Waals surface area contributed by atoms with Gasteiger partial charge in [0.15, 0.2) is 0 Å². The minimum Gasteiger partial charge on any atom is -0.494 e. The Labute approximate surface area is 97.8 Å². The van der Waals surface area contributed by atoms with Crippen molar-refractivity contribution in [3.8, 4) is 5.75 Å². The molecule has 0 radical (unpaired) electrons. The van der Waals surface area contributed by atoms with Crippen molar-refractivity contribution in [1.82, 2.24) is 4.98 Å². The maximum Gasteiger partial charge on any atom is 0.145 e. The van der Waals surface area contributed by atoms with Crippen LogP contribution in [0.5, 0.6) is 5.75 Å². The molecule has 0 aliphatic carbocycles. The largest absolute Gasteiger partial charge is 0.494 e. The fraction of sp³-hybridized carbons (Fsp3) is 0.182. The lowest BCUT2D eigenvalue weighted by Gasteiger charge is -2.06. The summed E-state index contributed by atoms with van der Waals surface area (Å²) >= 11 is 5.91. The van der Waals surface area contributed by atoms with Crippen molar-refractivity contribution < 1.29 is 15.3 Å². The van der Waals surface area contributed by atoms with Crippen LogP contribution in [0.4, 0.5) is 0 Å². The summed E-state index contributed by atoms with van der Waals surface area (Å²) in [6.45, 7) is -0.112. The molecular formula is C11H12ClNO3. The summed E-state index contributed by atoms with van der Waals surface area (Å²) in [7, 11) is 1.59. The van der Waals surface area contributed by atoms with Crippen LogP contribution >= 0.6 is 11.6 Å². The molecule has 1 heterocycles. The van der Waals surface area contributed by atoms with Crippen molar-refractivity contribution in [2.75, 3.05) is 7.11 Å². The standard InChI is InChI=1S/C11H10ClNO2.H2O/c1-15-9-4-2-3-7-5-8(6-14)11(12)13-10(7)9;/h2-5,14H,6H2,1H3;1H2. The number of para-hydroxylation sites is 1. The van der Waals surface area contributed by atoms with E-state index in [1.807, 2.05) is 24.3 Å². The van der Waals surface area contributed by atoms with Gasteiger partial charge in [0.05, 0.1) is 13.7 Å². The first-order chi connectivity index (χ1) is 7.26. The Morgan fingerprint density at radius 3 is 2.81 bits per heavy atom. The highest BCUT2D eigenvalue weighted by atomic mass is 35.5. The number of benzene rings is 1. The molecule has 0 bridgehead atoms. The average molecular weight is 242 g/mol. The third kappa shape index (κ3) is 2.09. The number of rotatable bonds is 2. The molecule has 1 aromatic carbocycles. The minimum absolute atomic E-state index is 0. The van der Waals surface area contributed by atoms with E-state index in [0.29, 0.717) is 22.0 Å². The lowest BCUT2D eigenvalue weighted by atomic mass is 10.1. The molecular weight excluding hydrogens is 230 g/mol. The van der Waals surface area contributed by atoms with Crippen molar-refractivity contribution in [3.05, 3.63) is 35.0 Å². The molecule has 0 aliphatic rings. The molecule has 16 heavy (non-hydrogen) atoms. The van der Waals surface area contributed by atoms with Gasteiger partial charge in [-0.3, -0.25) is 0 Å². The van der Waals surface area contributed by atoms with Crippen LogP contribution in [0.2, 0.25) is 5.15 Å². The van der Waals surface area contributed by atoms with Gasteiger partial charge in [-0.15, -0.1) is 0 Å². The Hall–Kier alpha value is -1.36. The van der Waals surface area contributed by atoms with Crippen molar-refractivity contribution in [2.45, 2.75) is 6.61 Å². The van der Waals surface area contributed by atoms with E-state index < -0.39 is 0 Å². The van der Waals surface area contributed by atoms with Crippen LogP contribution in [0.3, 0.4) is 0 Å². The Bertz CT molecular complexity index is 502. The zero-order chi connectivity index (χ0) is 10.8. The molecule has 2 rings (SSSR count). The quantitative estimate of drug-likeness (QED) is 0.811. The van der Waals surface area contributed by atoms with E-state index in [4.69, 9.17) is 21.4 Å². The summed E-state index contributed by atoms with van der Waals surface area (Å²) in [5, 5.41) is 10.3. The lowest BCUT2D eigenvalue weighted by molar-refractivity contribution is 0.281. The predicted molar refractivity (Wildman–Crippen MR) is 62.8 cm³/mol. The van der Waals surface area contributed by atoms with Gasteiger partial charge in [-0.05, 0) is 12.1 Å². The molecule has 3 N–H and O–H groups in total. The Balaban J connectivity index is 0.00000128. The molecule has 86 valence electrons. The van der Waals surface area contributed by atoms with Crippen LogP contribution in [-0.4, -0.2) is 22.7 Å². The molecule has 2 aromatic rings. The Morgan fingerprint density at radius 1 is 1.44 bits per heavy atom. The van der Waals surface area contributed by atoms with Crippen LogP contribution in [-0.2, 0) is 6.61 Å². The summed E-state index contributed by atoms with van der Waals surface area (Å²) in [5.41, 5.74) is 1.33. The van der Waals surface area contributed by atoms with Crippen LogP contribution in [0.1, 0.15) is 5.56 Å². The highest BCUT2D eigenvalue weighted by Crippen LogP contribution is 2.27. The molecule has 4 nitrogen and oxygen atoms in total. The molecule has 1 aromatic heterocycles.